The van der Waals surface area contributed by atoms with Crippen molar-refractivity contribution < 1.29 is 4.79 Å². The number of aryl methyl sites for hydroxylation is 1. The molecule has 1 fully saturated rings. The van der Waals surface area contributed by atoms with Gasteiger partial charge in [0, 0.05) is 35.4 Å². The third-order valence-corrected chi connectivity index (χ3v) is 9.00. The van der Waals surface area contributed by atoms with Crippen LogP contribution in [0.15, 0.2) is 91.0 Å². The number of carbonyl (C=O) groups is 1. The van der Waals surface area contributed by atoms with E-state index < -0.39 is 5.41 Å². The topological polar surface area (TPSA) is 34.9 Å². The molecule has 0 spiro atoms. The second-order valence-corrected chi connectivity index (χ2v) is 11.1. The predicted molar refractivity (Wildman–Crippen MR) is 145 cm³/mol. The van der Waals surface area contributed by atoms with Gasteiger partial charge in [0.15, 0.2) is 0 Å². The standard InChI is InChI=1S/C33H34N2O/c1-32-21-20-29(36)33(22-24-12-6-3-7-13-24,23-25-14-8-4-9-15-25)28(32)19-18-27-30(35(2)34-31(27)32)26-16-10-5-11-17-26/h3-17,28H,18-23H2,1-2H3/t28-,32+/m1/s1. The Morgan fingerprint density at radius 2 is 1.39 bits per heavy atom. The summed E-state index contributed by atoms with van der Waals surface area (Å²) >= 11 is 0. The summed E-state index contributed by atoms with van der Waals surface area (Å²) in [6, 6.07) is 31.9. The zero-order chi connectivity index (χ0) is 24.8. The van der Waals surface area contributed by atoms with E-state index in [1.54, 1.807) is 0 Å². The van der Waals surface area contributed by atoms with E-state index in [1.807, 2.05) is 0 Å². The van der Waals surface area contributed by atoms with Gasteiger partial charge in [-0.25, -0.2) is 0 Å². The van der Waals surface area contributed by atoms with Crippen LogP contribution in [0, 0.1) is 11.3 Å². The van der Waals surface area contributed by atoms with Crippen LogP contribution in [0.1, 0.15) is 48.6 Å². The number of hydrogen-bond donors (Lipinski definition) is 0. The molecule has 2 aliphatic carbocycles. The number of nitrogens with zero attached hydrogens (tertiary/aromatic N) is 2. The van der Waals surface area contributed by atoms with Crippen molar-refractivity contribution in [1.82, 2.24) is 9.78 Å². The molecule has 0 unspecified atom stereocenters. The number of Topliss-reactive ketones (excluding diaryl/α,β-unsaturated/α-hetero) is 1. The highest BCUT2D eigenvalue weighted by Gasteiger charge is 2.59. The van der Waals surface area contributed by atoms with Crippen molar-refractivity contribution in [2.24, 2.45) is 18.4 Å². The van der Waals surface area contributed by atoms with E-state index in [-0.39, 0.29) is 11.3 Å². The molecule has 182 valence electrons. The summed E-state index contributed by atoms with van der Waals surface area (Å²) in [6.07, 6.45) is 5.04. The van der Waals surface area contributed by atoms with E-state index in [4.69, 9.17) is 5.10 Å². The molecule has 0 amide bonds. The minimum Gasteiger partial charge on any atom is -0.299 e. The minimum atomic E-state index is -0.433. The van der Waals surface area contributed by atoms with Crippen LogP contribution in [-0.4, -0.2) is 15.6 Å². The molecule has 2 aliphatic rings. The summed E-state index contributed by atoms with van der Waals surface area (Å²) in [7, 11) is 2.08. The van der Waals surface area contributed by atoms with Gasteiger partial charge in [-0.3, -0.25) is 9.48 Å². The molecule has 3 heteroatoms. The van der Waals surface area contributed by atoms with E-state index in [2.05, 4.69) is 110 Å². The van der Waals surface area contributed by atoms with Crippen molar-refractivity contribution in [3.8, 4) is 11.3 Å². The third kappa shape index (κ3) is 3.64. The van der Waals surface area contributed by atoms with Crippen molar-refractivity contribution in [2.75, 3.05) is 0 Å². The Balaban J connectivity index is 1.49. The molecule has 3 aromatic carbocycles. The molecule has 1 heterocycles. The van der Waals surface area contributed by atoms with Crippen molar-refractivity contribution >= 4 is 5.78 Å². The normalized spacial score (nSPS) is 22.6. The lowest BCUT2D eigenvalue weighted by Crippen LogP contribution is -2.56. The van der Waals surface area contributed by atoms with Gasteiger partial charge in [0.1, 0.15) is 5.78 Å². The Labute approximate surface area is 214 Å². The van der Waals surface area contributed by atoms with Gasteiger partial charge < -0.3 is 0 Å². The van der Waals surface area contributed by atoms with Gasteiger partial charge >= 0.3 is 0 Å². The zero-order valence-electron chi connectivity index (χ0n) is 21.3. The predicted octanol–water partition coefficient (Wildman–Crippen LogP) is 6.74. The molecule has 4 aromatic rings. The van der Waals surface area contributed by atoms with Gasteiger partial charge in [0.25, 0.3) is 0 Å². The van der Waals surface area contributed by atoms with Gasteiger partial charge in [-0.2, -0.15) is 5.10 Å². The van der Waals surface area contributed by atoms with Crippen LogP contribution in [0.2, 0.25) is 0 Å². The quantitative estimate of drug-likeness (QED) is 0.321. The summed E-state index contributed by atoms with van der Waals surface area (Å²) < 4.78 is 2.08. The summed E-state index contributed by atoms with van der Waals surface area (Å²) in [4.78, 5) is 14.1. The lowest BCUT2D eigenvalue weighted by atomic mass is 9.47. The average Bonchev–Trinajstić information content (AvgIpc) is 3.25. The van der Waals surface area contributed by atoms with Crippen LogP contribution >= 0.6 is 0 Å². The summed E-state index contributed by atoms with van der Waals surface area (Å²) in [6.45, 7) is 2.40. The number of ketones is 1. The first kappa shape index (κ1) is 23.0. The van der Waals surface area contributed by atoms with Crippen LogP contribution in [0.5, 0.6) is 0 Å². The maximum atomic E-state index is 14.1. The fourth-order valence-corrected chi connectivity index (χ4v) is 7.41. The van der Waals surface area contributed by atoms with Crippen molar-refractivity contribution in [3.05, 3.63) is 113 Å². The number of rotatable bonds is 5. The van der Waals surface area contributed by atoms with Crippen LogP contribution < -0.4 is 0 Å². The number of aromatic nitrogens is 2. The highest BCUT2D eigenvalue weighted by Crippen LogP contribution is 2.58. The molecule has 0 bridgehead atoms. The smallest absolute Gasteiger partial charge is 0.140 e. The van der Waals surface area contributed by atoms with E-state index in [1.165, 1.54) is 33.6 Å². The minimum absolute atomic E-state index is 0.129. The van der Waals surface area contributed by atoms with E-state index >= 15 is 0 Å². The van der Waals surface area contributed by atoms with E-state index in [0.29, 0.717) is 12.2 Å². The fraction of sp³-hybridized carbons (Fsp3) is 0.333. The van der Waals surface area contributed by atoms with Crippen molar-refractivity contribution in [3.63, 3.8) is 0 Å². The van der Waals surface area contributed by atoms with Crippen molar-refractivity contribution in [2.45, 2.75) is 50.9 Å². The average molecular weight is 475 g/mol. The first-order valence-corrected chi connectivity index (χ1v) is 13.2. The lowest BCUT2D eigenvalue weighted by molar-refractivity contribution is -0.140. The van der Waals surface area contributed by atoms with Crippen molar-refractivity contribution in [1.29, 1.82) is 0 Å². The Morgan fingerprint density at radius 1 is 0.833 bits per heavy atom. The second kappa shape index (κ2) is 8.89. The van der Waals surface area contributed by atoms with Gasteiger partial charge in [-0.15, -0.1) is 0 Å². The molecule has 36 heavy (non-hydrogen) atoms. The molecule has 1 saturated carbocycles. The molecule has 2 atom stereocenters. The largest absolute Gasteiger partial charge is 0.299 e. The third-order valence-electron chi connectivity index (χ3n) is 9.00. The zero-order valence-corrected chi connectivity index (χ0v) is 21.3. The first-order valence-electron chi connectivity index (χ1n) is 13.2. The fourth-order valence-electron chi connectivity index (χ4n) is 7.41. The number of hydrogen-bond acceptors (Lipinski definition) is 2. The van der Waals surface area contributed by atoms with E-state index in [0.717, 1.165) is 32.1 Å². The molecule has 0 N–H and O–H groups in total. The first-order chi connectivity index (χ1) is 17.5. The number of fused-ring (bicyclic) bond motifs is 3. The Morgan fingerprint density at radius 3 is 1.97 bits per heavy atom. The highest BCUT2D eigenvalue weighted by molar-refractivity contribution is 5.87. The second-order valence-electron chi connectivity index (χ2n) is 11.1. The van der Waals surface area contributed by atoms with Crippen LogP contribution in [-0.2, 0) is 36.5 Å². The Kier molecular flexibility index (Phi) is 5.67. The molecule has 3 nitrogen and oxygen atoms in total. The van der Waals surface area contributed by atoms with E-state index in [9.17, 15) is 4.79 Å². The molecule has 0 aliphatic heterocycles. The maximum absolute atomic E-state index is 14.1. The summed E-state index contributed by atoms with van der Waals surface area (Å²) in [5, 5.41) is 5.19. The molecular formula is C33H34N2O. The summed E-state index contributed by atoms with van der Waals surface area (Å²) in [5.74, 6) is 0.679. The lowest BCUT2D eigenvalue weighted by Gasteiger charge is -2.54. The number of benzene rings is 3. The SMILES string of the molecule is Cn1nc2c(c1-c1ccccc1)CC[C@H]1C(Cc3ccccc3)(Cc3ccccc3)C(=O)CC[C@]21C. The Bertz CT molecular complexity index is 1330. The van der Waals surface area contributed by atoms with Gasteiger partial charge in [0.2, 0.25) is 0 Å². The van der Waals surface area contributed by atoms with Crippen LogP contribution in [0.3, 0.4) is 0 Å². The molecule has 0 saturated heterocycles. The van der Waals surface area contributed by atoms with Gasteiger partial charge in [-0.05, 0) is 49.1 Å². The van der Waals surface area contributed by atoms with Gasteiger partial charge in [-0.1, -0.05) is 97.9 Å². The maximum Gasteiger partial charge on any atom is 0.140 e. The van der Waals surface area contributed by atoms with Crippen LogP contribution in [0.4, 0.5) is 0 Å². The van der Waals surface area contributed by atoms with Crippen LogP contribution in [0.25, 0.3) is 11.3 Å². The number of carbonyl (C=O) groups excluding carboxylic acids is 1. The molecule has 0 radical (unpaired) electrons. The molecule has 6 rings (SSSR count). The molecule has 1 aromatic heterocycles. The monoisotopic (exact) mass is 474 g/mol. The Hall–Kier alpha value is -3.46. The molecular weight excluding hydrogens is 440 g/mol. The highest BCUT2D eigenvalue weighted by atomic mass is 16.1. The summed E-state index contributed by atoms with van der Waals surface area (Å²) in [5.41, 5.74) is 7.00. The van der Waals surface area contributed by atoms with Gasteiger partial charge in [0.05, 0.1) is 11.4 Å².